The van der Waals surface area contributed by atoms with Gasteiger partial charge in [0.1, 0.15) is 0 Å². The van der Waals surface area contributed by atoms with Gasteiger partial charge in [0.2, 0.25) is 5.91 Å². The first-order valence-corrected chi connectivity index (χ1v) is 10.3. The second-order valence-corrected chi connectivity index (χ2v) is 8.00. The second-order valence-electron chi connectivity index (χ2n) is 7.16. The molecule has 6 heteroatoms. The summed E-state index contributed by atoms with van der Waals surface area (Å²) < 4.78 is 0. The van der Waals surface area contributed by atoms with E-state index in [9.17, 15) is 9.59 Å². The molecule has 2 amide bonds. The largest absolute Gasteiger partial charge is 0.343 e. The minimum atomic E-state index is -0.368. The van der Waals surface area contributed by atoms with Gasteiger partial charge < -0.3 is 10.2 Å². The molecule has 1 aliphatic heterocycles. The summed E-state index contributed by atoms with van der Waals surface area (Å²) >= 11 is 11.9. The molecule has 3 rings (SSSR count). The molecule has 0 atom stereocenters. The van der Waals surface area contributed by atoms with Gasteiger partial charge in [-0.3, -0.25) is 9.59 Å². The minimum Gasteiger partial charge on any atom is -0.343 e. The molecular weight excluding hydrogens is 395 g/mol. The summed E-state index contributed by atoms with van der Waals surface area (Å²) in [5.74, 6) is 0.222. The number of hydrogen-bond acceptors (Lipinski definition) is 2. The van der Waals surface area contributed by atoms with E-state index in [-0.39, 0.29) is 23.4 Å². The van der Waals surface area contributed by atoms with Gasteiger partial charge in [-0.25, -0.2) is 0 Å². The third kappa shape index (κ3) is 5.73. The van der Waals surface area contributed by atoms with Crippen molar-refractivity contribution in [2.45, 2.75) is 25.7 Å². The first-order chi connectivity index (χ1) is 13.5. The number of benzene rings is 2. The lowest BCUT2D eigenvalue weighted by molar-refractivity contribution is -0.131. The SMILES string of the molecule is O=C(NCC(=O)N1CCC(CCc2ccccc2)CC1)c1ccc(Cl)cc1Cl. The Morgan fingerprint density at radius 2 is 1.75 bits per heavy atom. The molecule has 0 spiro atoms. The zero-order chi connectivity index (χ0) is 19.9. The number of carbonyl (C=O) groups is 2. The van der Waals surface area contributed by atoms with Crippen LogP contribution in [0.2, 0.25) is 10.0 Å². The summed E-state index contributed by atoms with van der Waals surface area (Å²) in [4.78, 5) is 26.5. The second kappa shape index (κ2) is 9.94. The van der Waals surface area contributed by atoms with Crippen molar-refractivity contribution in [3.05, 3.63) is 69.7 Å². The van der Waals surface area contributed by atoms with Crippen LogP contribution in [-0.2, 0) is 11.2 Å². The predicted molar refractivity (Wildman–Crippen MR) is 113 cm³/mol. The van der Waals surface area contributed by atoms with Gasteiger partial charge in [0.25, 0.3) is 5.91 Å². The van der Waals surface area contributed by atoms with Crippen molar-refractivity contribution in [1.82, 2.24) is 10.2 Å². The lowest BCUT2D eigenvalue weighted by atomic mass is 9.90. The molecule has 1 fully saturated rings. The number of amides is 2. The highest BCUT2D eigenvalue weighted by Gasteiger charge is 2.23. The van der Waals surface area contributed by atoms with Crippen LogP contribution in [0, 0.1) is 5.92 Å². The van der Waals surface area contributed by atoms with E-state index in [1.54, 1.807) is 12.1 Å². The minimum absolute atomic E-state index is 0.0214. The molecule has 0 radical (unpaired) electrons. The van der Waals surface area contributed by atoms with Crippen LogP contribution in [0.3, 0.4) is 0 Å². The van der Waals surface area contributed by atoms with E-state index < -0.39 is 0 Å². The Bertz CT molecular complexity index is 819. The average Bonchev–Trinajstić information content (AvgIpc) is 2.71. The van der Waals surface area contributed by atoms with Crippen LogP contribution in [0.1, 0.15) is 35.2 Å². The van der Waals surface area contributed by atoms with E-state index in [2.05, 4.69) is 29.6 Å². The number of likely N-dealkylation sites (tertiary alicyclic amines) is 1. The molecule has 0 bridgehead atoms. The van der Waals surface area contributed by atoms with Crippen molar-refractivity contribution in [2.75, 3.05) is 19.6 Å². The maximum absolute atomic E-state index is 12.4. The Labute approximate surface area is 175 Å². The molecule has 0 aliphatic carbocycles. The molecule has 1 saturated heterocycles. The number of carbonyl (C=O) groups excluding carboxylic acids is 2. The molecule has 0 unspecified atom stereocenters. The Balaban J connectivity index is 1.40. The van der Waals surface area contributed by atoms with Gasteiger partial charge in [0.15, 0.2) is 0 Å². The number of nitrogens with zero attached hydrogens (tertiary/aromatic N) is 1. The fourth-order valence-corrected chi connectivity index (χ4v) is 4.02. The van der Waals surface area contributed by atoms with Crippen LogP contribution in [0.5, 0.6) is 0 Å². The number of aryl methyl sites for hydroxylation is 1. The van der Waals surface area contributed by atoms with E-state index in [1.165, 1.54) is 11.6 Å². The summed E-state index contributed by atoms with van der Waals surface area (Å²) in [6, 6.07) is 15.2. The molecule has 2 aromatic carbocycles. The maximum atomic E-state index is 12.4. The van der Waals surface area contributed by atoms with Crippen molar-refractivity contribution < 1.29 is 9.59 Å². The number of nitrogens with one attached hydrogen (secondary N) is 1. The highest BCUT2D eigenvalue weighted by Crippen LogP contribution is 2.23. The zero-order valence-corrected chi connectivity index (χ0v) is 17.2. The molecule has 0 aromatic heterocycles. The standard InChI is InChI=1S/C22H24Cl2N2O2/c23-18-8-9-19(20(24)14-18)22(28)25-15-21(27)26-12-10-17(11-13-26)7-6-16-4-2-1-3-5-16/h1-5,8-9,14,17H,6-7,10-13,15H2,(H,25,28). The first kappa shape index (κ1) is 20.7. The molecule has 4 nitrogen and oxygen atoms in total. The predicted octanol–water partition coefficient (Wildman–Crippen LogP) is 4.59. The quantitative estimate of drug-likeness (QED) is 0.745. The highest BCUT2D eigenvalue weighted by molar-refractivity contribution is 6.36. The normalized spacial score (nSPS) is 14.7. The first-order valence-electron chi connectivity index (χ1n) is 9.58. The molecule has 1 N–H and O–H groups in total. The summed E-state index contributed by atoms with van der Waals surface area (Å²) in [5, 5.41) is 3.40. The Morgan fingerprint density at radius 1 is 1.04 bits per heavy atom. The fraction of sp³-hybridized carbons (Fsp3) is 0.364. The van der Waals surface area contributed by atoms with Crippen molar-refractivity contribution in [2.24, 2.45) is 5.92 Å². The molecule has 0 saturated carbocycles. The van der Waals surface area contributed by atoms with Gasteiger partial charge in [0, 0.05) is 18.1 Å². The molecule has 2 aromatic rings. The highest BCUT2D eigenvalue weighted by atomic mass is 35.5. The van der Waals surface area contributed by atoms with E-state index in [0.717, 1.165) is 38.8 Å². The summed E-state index contributed by atoms with van der Waals surface area (Å²) in [7, 11) is 0. The van der Waals surface area contributed by atoms with E-state index in [4.69, 9.17) is 23.2 Å². The Hall–Kier alpha value is -2.04. The Kier molecular flexibility index (Phi) is 7.35. The third-order valence-corrected chi connectivity index (χ3v) is 5.78. The van der Waals surface area contributed by atoms with Gasteiger partial charge in [-0.05, 0) is 55.4 Å². The lowest BCUT2D eigenvalue weighted by Crippen LogP contribution is -2.44. The molecular formula is C22H24Cl2N2O2. The van der Waals surface area contributed by atoms with Crippen molar-refractivity contribution in [3.8, 4) is 0 Å². The van der Waals surface area contributed by atoms with Crippen molar-refractivity contribution >= 4 is 35.0 Å². The van der Waals surface area contributed by atoms with Crippen LogP contribution >= 0.6 is 23.2 Å². The van der Waals surface area contributed by atoms with E-state index in [0.29, 0.717) is 16.5 Å². The molecule has 1 aliphatic rings. The van der Waals surface area contributed by atoms with Crippen LogP contribution < -0.4 is 5.32 Å². The third-order valence-electron chi connectivity index (χ3n) is 5.23. The van der Waals surface area contributed by atoms with E-state index in [1.807, 2.05) is 11.0 Å². The maximum Gasteiger partial charge on any atom is 0.253 e. The Morgan fingerprint density at radius 3 is 2.43 bits per heavy atom. The van der Waals surface area contributed by atoms with Gasteiger partial charge >= 0.3 is 0 Å². The van der Waals surface area contributed by atoms with Gasteiger partial charge in [-0.2, -0.15) is 0 Å². The molecule has 148 valence electrons. The van der Waals surface area contributed by atoms with Gasteiger partial charge in [0.05, 0.1) is 17.1 Å². The van der Waals surface area contributed by atoms with Crippen molar-refractivity contribution in [3.63, 3.8) is 0 Å². The number of rotatable bonds is 6. The van der Waals surface area contributed by atoms with Crippen LogP contribution in [0.25, 0.3) is 0 Å². The fourth-order valence-electron chi connectivity index (χ4n) is 3.52. The number of hydrogen-bond donors (Lipinski definition) is 1. The summed E-state index contributed by atoms with van der Waals surface area (Å²) in [6.07, 6.45) is 4.25. The van der Waals surface area contributed by atoms with Crippen LogP contribution in [0.4, 0.5) is 0 Å². The topological polar surface area (TPSA) is 49.4 Å². The summed E-state index contributed by atoms with van der Waals surface area (Å²) in [6.45, 7) is 1.47. The van der Waals surface area contributed by atoms with Gasteiger partial charge in [-0.15, -0.1) is 0 Å². The van der Waals surface area contributed by atoms with Crippen molar-refractivity contribution in [1.29, 1.82) is 0 Å². The van der Waals surface area contributed by atoms with Gasteiger partial charge in [-0.1, -0.05) is 53.5 Å². The van der Waals surface area contributed by atoms with E-state index >= 15 is 0 Å². The smallest absolute Gasteiger partial charge is 0.253 e. The van der Waals surface area contributed by atoms with Crippen LogP contribution in [-0.4, -0.2) is 36.3 Å². The monoisotopic (exact) mass is 418 g/mol. The zero-order valence-electron chi connectivity index (χ0n) is 15.7. The lowest BCUT2D eigenvalue weighted by Gasteiger charge is -2.32. The number of halogens is 2. The average molecular weight is 419 g/mol. The number of piperidine rings is 1. The molecule has 28 heavy (non-hydrogen) atoms. The summed E-state index contributed by atoms with van der Waals surface area (Å²) in [5.41, 5.74) is 1.68. The van der Waals surface area contributed by atoms with Crippen LogP contribution in [0.15, 0.2) is 48.5 Å². The molecule has 1 heterocycles.